The Kier molecular flexibility index (Phi) is 4.24. The van der Waals surface area contributed by atoms with E-state index in [1.807, 2.05) is 43.3 Å². The van der Waals surface area contributed by atoms with Crippen molar-refractivity contribution in [1.82, 2.24) is 10.1 Å². The molecule has 1 aromatic heterocycles. The second-order valence-electron chi connectivity index (χ2n) is 6.78. The van der Waals surface area contributed by atoms with Crippen LogP contribution >= 0.6 is 0 Å². The van der Waals surface area contributed by atoms with E-state index in [2.05, 4.69) is 10.1 Å². The zero-order valence-corrected chi connectivity index (χ0v) is 15.9. The summed E-state index contributed by atoms with van der Waals surface area (Å²) in [5.41, 5.74) is 9.94. The lowest BCUT2D eigenvalue weighted by molar-refractivity contribution is 0.432. The number of hydrogen-bond acceptors (Lipinski definition) is 6. The Morgan fingerprint density at radius 3 is 2.56 bits per heavy atom. The van der Waals surface area contributed by atoms with Crippen molar-refractivity contribution < 1.29 is 12.9 Å². The Morgan fingerprint density at radius 2 is 1.89 bits per heavy atom. The summed E-state index contributed by atoms with van der Waals surface area (Å²) in [5, 5.41) is 4.06. The van der Waals surface area contributed by atoms with Gasteiger partial charge in [-0.1, -0.05) is 29.4 Å². The van der Waals surface area contributed by atoms with Gasteiger partial charge in [0.05, 0.1) is 11.9 Å². The molecule has 140 valence electrons. The van der Waals surface area contributed by atoms with Crippen molar-refractivity contribution in [2.45, 2.75) is 25.9 Å². The zero-order valence-electron chi connectivity index (χ0n) is 15.1. The van der Waals surface area contributed by atoms with Crippen molar-refractivity contribution in [3.05, 3.63) is 53.6 Å². The van der Waals surface area contributed by atoms with Crippen molar-refractivity contribution in [2.24, 2.45) is 5.73 Å². The van der Waals surface area contributed by atoms with Crippen molar-refractivity contribution in [1.29, 1.82) is 0 Å². The summed E-state index contributed by atoms with van der Waals surface area (Å²) in [6.45, 7) is 2.38. The summed E-state index contributed by atoms with van der Waals surface area (Å²) in [4.78, 5) is 4.48. The summed E-state index contributed by atoms with van der Waals surface area (Å²) in [5.74, 6) is 0.904. The monoisotopic (exact) mass is 384 g/mol. The zero-order chi connectivity index (χ0) is 19.2. The predicted octanol–water partition coefficient (Wildman–Crippen LogP) is 2.57. The van der Waals surface area contributed by atoms with Crippen LogP contribution in [0.25, 0.3) is 22.8 Å². The van der Waals surface area contributed by atoms with Crippen LogP contribution in [0.1, 0.15) is 18.1 Å². The van der Waals surface area contributed by atoms with E-state index < -0.39 is 10.0 Å². The number of sulfonamides is 1. The Bertz CT molecular complexity index is 1090. The highest BCUT2D eigenvalue weighted by Gasteiger charge is 2.32. The average Bonchev–Trinajstić information content (AvgIpc) is 3.24. The van der Waals surface area contributed by atoms with E-state index in [0.717, 1.165) is 22.3 Å². The van der Waals surface area contributed by atoms with Crippen LogP contribution in [0.4, 0.5) is 5.69 Å². The molecule has 1 aliphatic heterocycles. The van der Waals surface area contributed by atoms with Gasteiger partial charge in [-0.15, -0.1) is 0 Å². The molecule has 0 aliphatic carbocycles. The topological polar surface area (TPSA) is 102 Å². The van der Waals surface area contributed by atoms with Crippen LogP contribution in [0.15, 0.2) is 47.0 Å². The van der Waals surface area contributed by atoms with Gasteiger partial charge in [-0.3, -0.25) is 4.31 Å². The first-order chi connectivity index (χ1) is 12.9. The summed E-state index contributed by atoms with van der Waals surface area (Å²) >= 11 is 0. The smallest absolute Gasteiger partial charge is 0.258 e. The van der Waals surface area contributed by atoms with Gasteiger partial charge in [-0.2, -0.15) is 4.98 Å². The molecule has 0 amide bonds. The Morgan fingerprint density at radius 1 is 1.19 bits per heavy atom. The Hall–Kier alpha value is -2.71. The molecule has 0 bridgehead atoms. The lowest BCUT2D eigenvalue weighted by Crippen LogP contribution is -2.34. The molecule has 7 nitrogen and oxygen atoms in total. The fourth-order valence-corrected chi connectivity index (χ4v) is 4.75. The molecule has 0 radical (unpaired) electrons. The van der Waals surface area contributed by atoms with Gasteiger partial charge < -0.3 is 10.3 Å². The van der Waals surface area contributed by atoms with E-state index in [4.69, 9.17) is 10.3 Å². The van der Waals surface area contributed by atoms with Crippen LogP contribution in [-0.4, -0.2) is 30.9 Å². The summed E-state index contributed by atoms with van der Waals surface area (Å²) in [6.07, 6.45) is 1.88. The maximum absolute atomic E-state index is 12.0. The average molecular weight is 384 g/mol. The molecule has 0 spiro atoms. The van der Waals surface area contributed by atoms with E-state index in [1.54, 1.807) is 6.07 Å². The van der Waals surface area contributed by atoms with E-state index in [1.165, 1.54) is 10.6 Å². The molecule has 1 unspecified atom stereocenters. The van der Waals surface area contributed by atoms with Crippen molar-refractivity contribution in [2.75, 3.05) is 10.6 Å². The standard InChI is InChI=1S/C19H20N4O3S/c1-12-9-16-10-15(7-8-17(16)23(12)27(2,24)25)19-21-18(22-26-19)14-5-3-13(11-20)4-6-14/h3-8,10,12H,9,11,20H2,1-2H3. The first-order valence-electron chi connectivity index (χ1n) is 8.62. The molecule has 1 aliphatic rings. The number of nitrogens with two attached hydrogens (primary N) is 1. The number of aromatic nitrogens is 2. The molecular formula is C19H20N4O3S. The minimum Gasteiger partial charge on any atom is -0.334 e. The van der Waals surface area contributed by atoms with Gasteiger partial charge in [0, 0.05) is 23.7 Å². The van der Waals surface area contributed by atoms with Crippen molar-refractivity contribution >= 4 is 15.7 Å². The first-order valence-corrected chi connectivity index (χ1v) is 10.5. The number of anilines is 1. The molecular weight excluding hydrogens is 364 g/mol. The van der Waals surface area contributed by atoms with Crippen LogP contribution in [0, 0.1) is 0 Å². The number of rotatable bonds is 4. The highest BCUT2D eigenvalue weighted by molar-refractivity contribution is 7.92. The normalized spacial score (nSPS) is 16.6. The van der Waals surface area contributed by atoms with Crippen molar-refractivity contribution in [3.63, 3.8) is 0 Å². The van der Waals surface area contributed by atoms with Gasteiger partial charge in [0.15, 0.2) is 0 Å². The third kappa shape index (κ3) is 3.22. The second kappa shape index (κ2) is 6.47. The highest BCUT2D eigenvalue weighted by atomic mass is 32.2. The van der Waals surface area contributed by atoms with E-state index in [0.29, 0.717) is 30.4 Å². The van der Waals surface area contributed by atoms with Crippen LogP contribution in [0.2, 0.25) is 0 Å². The Balaban J connectivity index is 1.66. The molecule has 0 saturated carbocycles. The predicted molar refractivity (Wildman–Crippen MR) is 104 cm³/mol. The third-order valence-electron chi connectivity index (χ3n) is 4.71. The SMILES string of the molecule is CC1Cc2cc(-c3nc(-c4ccc(CN)cc4)no3)ccc2N1S(C)(=O)=O. The van der Waals surface area contributed by atoms with Crippen LogP contribution in [0.5, 0.6) is 0 Å². The minimum atomic E-state index is -3.31. The van der Waals surface area contributed by atoms with Gasteiger partial charge in [-0.25, -0.2) is 8.42 Å². The maximum atomic E-state index is 12.0. The minimum absolute atomic E-state index is 0.107. The number of benzene rings is 2. The van der Waals surface area contributed by atoms with E-state index in [9.17, 15) is 8.42 Å². The molecule has 2 aromatic carbocycles. The lowest BCUT2D eigenvalue weighted by Gasteiger charge is -2.21. The van der Waals surface area contributed by atoms with Crippen molar-refractivity contribution in [3.8, 4) is 22.8 Å². The molecule has 3 aromatic rings. The number of nitrogens with zero attached hydrogens (tertiary/aromatic N) is 3. The van der Waals surface area contributed by atoms with Gasteiger partial charge in [0.1, 0.15) is 0 Å². The van der Waals surface area contributed by atoms with Gasteiger partial charge in [-0.05, 0) is 42.7 Å². The van der Waals surface area contributed by atoms with Gasteiger partial charge in [0.25, 0.3) is 5.89 Å². The summed E-state index contributed by atoms with van der Waals surface area (Å²) in [6, 6.07) is 13.1. The lowest BCUT2D eigenvalue weighted by atomic mass is 10.1. The molecule has 27 heavy (non-hydrogen) atoms. The molecule has 0 saturated heterocycles. The molecule has 1 atom stereocenters. The maximum Gasteiger partial charge on any atom is 0.258 e. The van der Waals surface area contributed by atoms with Gasteiger partial charge in [0.2, 0.25) is 15.8 Å². The van der Waals surface area contributed by atoms with Crippen LogP contribution in [0.3, 0.4) is 0 Å². The Labute approximate surface area is 157 Å². The molecule has 4 rings (SSSR count). The van der Waals surface area contributed by atoms with E-state index >= 15 is 0 Å². The molecule has 2 heterocycles. The van der Waals surface area contributed by atoms with Crippen LogP contribution < -0.4 is 10.0 Å². The highest BCUT2D eigenvalue weighted by Crippen LogP contribution is 2.36. The fraction of sp³-hybridized carbons (Fsp3) is 0.263. The number of fused-ring (bicyclic) bond motifs is 1. The molecule has 0 fully saturated rings. The summed E-state index contributed by atoms with van der Waals surface area (Å²) < 4.78 is 31.0. The first kappa shape index (κ1) is 17.7. The summed E-state index contributed by atoms with van der Waals surface area (Å²) in [7, 11) is -3.31. The number of hydrogen-bond donors (Lipinski definition) is 1. The molecule has 2 N–H and O–H groups in total. The van der Waals surface area contributed by atoms with Gasteiger partial charge >= 0.3 is 0 Å². The second-order valence-corrected chi connectivity index (χ2v) is 8.64. The molecule has 8 heteroatoms. The quantitative estimate of drug-likeness (QED) is 0.742. The largest absolute Gasteiger partial charge is 0.334 e. The fourth-order valence-electron chi connectivity index (χ4n) is 3.49. The van der Waals surface area contributed by atoms with E-state index in [-0.39, 0.29) is 6.04 Å². The third-order valence-corrected chi connectivity index (χ3v) is 5.98. The van der Waals surface area contributed by atoms with Crippen LogP contribution in [-0.2, 0) is 23.0 Å².